The summed E-state index contributed by atoms with van der Waals surface area (Å²) in [6.45, 7) is -0.0784. The van der Waals surface area contributed by atoms with Gasteiger partial charge < -0.3 is 10.4 Å². The molecular weight excluding hydrogens is 324 g/mol. The summed E-state index contributed by atoms with van der Waals surface area (Å²) in [6.07, 6.45) is 0. The van der Waals surface area contributed by atoms with Crippen molar-refractivity contribution in [1.29, 1.82) is 0 Å². The van der Waals surface area contributed by atoms with Crippen LogP contribution in [-0.2, 0) is 28.0 Å². The second kappa shape index (κ2) is 7.94. The maximum absolute atomic E-state index is 13.4. The van der Waals surface area contributed by atoms with Crippen molar-refractivity contribution < 1.29 is 22.9 Å². The van der Waals surface area contributed by atoms with E-state index in [1.54, 1.807) is 24.3 Å². The number of hydrogen-bond donors (Lipinski definition) is 2. The second-order valence-electron chi connectivity index (χ2n) is 4.88. The summed E-state index contributed by atoms with van der Waals surface area (Å²) < 4.78 is 38.4. The van der Waals surface area contributed by atoms with Crippen LogP contribution in [0.15, 0.2) is 42.5 Å². The molecule has 0 spiro atoms. The zero-order valence-electron chi connectivity index (χ0n) is 12.1. The van der Waals surface area contributed by atoms with E-state index in [2.05, 4.69) is 5.32 Å². The highest BCUT2D eigenvalue weighted by Crippen LogP contribution is 2.15. The number of benzene rings is 2. The van der Waals surface area contributed by atoms with Crippen LogP contribution in [0.3, 0.4) is 0 Å². The van der Waals surface area contributed by atoms with E-state index in [4.69, 9.17) is 5.11 Å². The fourth-order valence-electron chi connectivity index (χ4n) is 1.90. The van der Waals surface area contributed by atoms with Gasteiger partial charge in [0.15, 0.2) is 0 Å². The summed E-state index contributed by atoms with van der Waals surface area (Å²) in [4.78, 5) is 11.8. The van der Waals surface area contributed by atoms with Crippen molar-refractivity contribution in [2.75, 3.05) is 11.1 Å². The molecule has 4 nitrogen and oxygen atoms in total. The summed E-state index contributed by atoms with van der Waals surface area (Å²) in [5, 5.41) is 11.1. The molecule has 0 aromatic heterocycles. The molecule has 0 heterocycles. The smallest absolute Gasteiger partial charge is 0.237 e. The van der Waals surface area contributed by atoms with Crippen LogP contribution in [0.5, 0.6) is 0 Å². The highest BCUT2D eigenvalue weighted by Gasteiger charge is 2.12. The molecule has 1 amide bonds. The average Bonchev–Trinajstić information content (AvgIpc) is 2.51. The molecule has 0 aliphatic carbocycles. The molecule has 0 fully saturated rings. The number of halogens is 2. The SMILES string of the molecule is O=C(CS(=O)Cc1ccc(CO)cc1)Nc1cc(F)ccc1F. The lowest BCUT2D eigenvalue weighted by Gasteiger charge is -2.07. The summed E-state index contributed by atoms with van der Waals surface area (Å²) in [7, 11) is -1.49. The predicted molar refractivity (Wildman–Crippen MR) is 84.1 cm³/mol. The van der Waals surface area contributed by atoms with Crippen LogP contribution in [0.1, 0.15) is 11.1 Å². The lowest BCUT2D eigenvalue weighted by molar-refractivity contribution is -0.113. The number of amides is 1. The molecule has 122 valence electrons. The van der Waals surface area contributed by atoms with Crippen molar-refractivity contribution in [3.8, 4) is 0 Å². The Morgan fingerprint density at radius 2 is 1.74 bits per heavy atom. The normalized spacial score (nSPS) is 12.0. The first-order valence-electron chi connectivity index (χ1n) is 6.76. The fourth-order valence-corrected chi connectivity index (χ4v) is 2.93. The van der Waals surface area contributed by atoms with Gasteiger partial charge in [-0.15, -0.1) is 0 Å². The molecular formula is C16H15F2NO3S. The van der Waals surface area contributed by atoms with Gasteiger partial charge in [-0.2, -0.15) is 0 Å². The summed E-state index contributed by atoms with van der Waals surface area (Å²) in [5.41, 5.74) is 1.21. The van der Waals surface area contributed by atoms with E-state index in [1.807, 2.05) is 0 Å². The van der Waals surface area contributed by atoms with E-state index in [-0.39, 0.29) is 23.8 Å². The highest BCUT2D eigenvalue weighted by atomic mass is 32.2. The molecule has 2 N–H and O–H groups in total. The largest absolute Gasteiger partial charge is 0.392 e. The molecule has 0 saturated carbocycles. The van der Waals surface area contributed by atoms with Crippen molar-refractivity contribution in [3.63, 3.8) is 0 Å². The Balaban J connectivity index is 1.91. The zero-order chi connectivity index (χ0) is 16.8. The molecule has 0 bridgehead atoms. The minimum atomic E-state index is -1.49. The molecule has 0 aliphatic heterocycles. The Bertz CT molecular complexity index is 720. The number of carbonyl (C=O) groups excluding carboxylic acids is 1. The zero-order valence-corrected chi connectivity index (χ0v) is 12.9. The Labute approximate surface area is 134 Å². The Hall–Kier alpha value is -2.12. The van der Waals surface area contributed by atoms with E-state index in [0.29, 0.717) is 0 Å². The van der Waals surface area contributed by atoms with Gasteiger partial charge in [0, 0.05) is 22.6 Å². The first-order chi connectivity index (χ1) is 11.0. The van der Waals surface area contributed by atoms with Crippen LogP contribution < -0.4 is 5.32 Å². The van der Waals surface area contributed by atoms with Gasteiger partial charge in [-0.25, -0.2) is 8.78 Å². The Morgan fingerprint density at radius 1 is 1.09 bits per heavy atom. The molecule has 0 saturated heterocycles. The molecule has 0 aliphatic rings. The van der Waals surface area contributed by atoms with Gasteiger partial charge in [-0.3, -0.25) is 9.00 Å². The van der Waals surface area contributed by atoms with Crippen LogP contribution in [0.2, 0.25) is 0 Å². The van der Waals surface area contributed by atoms with E-state index in [9.17, 15) is 17.8 Å². The minimum Gasteiger partial charge on any atom is -0.392 e. The molecule has 1 unspecified atom stereocenters. The van der Waals surface area contributed by atoms with Crippen LogP contribution in [0.25, 0.3) is 0 Å². The van der Waals surface area contributed by atoms with E-state index in [0.717, 1.165) is 29.3 Å². The third-order valence-electron chi connectivity index (χ3n) is 3.03. The number of rotatable bonds is 6. The second-order valence-corrected chi connectivity index (χ2v) is 6.33. The van der Waals surface area contributed by atoms with Gasteiger partial charge in [0.1, 0.15) is 17.4 Å². The topological polar surface area (TPSA) is 66.4 Å². The number of nitrogens with one attached hydrogen (secondary N) is 1. The van der Waals surface area contributed by atoms with Crippen molar-refractivity contribution in [1.82, 2.24) is 0 Å². The lowest BCUT2D eigenvalue weighted by Crippen LogP contribution is -2.21. The van der Waals surface area contributed by atoms with E-state index < -0.39 is 28.3 Å². The number of aliphatic hydroxyl groups excluding tert-OH is 1. The van der Waals surface area contributed by atoms with Gasteiger partial charge >= 0.3 is 0 Å². The first kappa shape index (κ1) is 17.2. The lowest BCUT2D eigenvalue weighted by atomic mass is 10.2. The Kier molecular flexibility index (Phi) is 5.95. The van der Waals surface area contributed by atoms with Gasteiger partial charge in [0.25, 0.3) is 0 Å². The molecule has 2 aromatic carbocycles. The van der Waals surface area contributed by atoms with Crippen LogP contribution in [0, 0.1) is 11.6 Å². The number of anilines is 1. The maximum Gasteiger partial charge on any atom is 0.237 e. The number of aliphatic hydroxyl groups is 1. The summed E-state index contributed by atoms with van der Waals surface area (Å²) >= 11 is 0. The number of hydrogen-bond acceptors (Lipinski definition) is 3. The molecule has 23 heavy (non-hydrogen) atoms. The van der Waals surface area contributed by atoms with Crippen LogP contribution in [-0.4, -0.2) is 21.0 Å². The maximum atomic E-state index is 13.4. The fraction of sp³-hybridized carbons (Fsp3) is 0.188. The third kappa shape index (κ3) is 5.22. The monoisotopic (exact) mass is 339 g/mol. The standard InChI is InChI=1S/C16H15F2NO3S/c17-13-5-6-14(18)15(7-13)19-16(21)10-23(22)9-12-3-1-11(8-20)2-4-12/h1-7,20H,8-10H2,(H,19,21). The number of carbonyl (C=O) groups is 1. The summed E-state index contributed by atoms with van der Waals surface area (Å²) in [5.74, 6) is -2.25. The van der Waals surface area contributed by atoms with Gasteiger partial charge in [0.05, 0.1) is 12.3 Å². The van der Waals surface area contributed by atoms with Crippen molar-refractivity contribution in [3.05, 3.63) is 65.2 Å². The molecule has 0 radical (unpaired) electrons. The molecule has 1 atom stereocenters. The first-order valence-corrected chi connectivity index (χ1v) is 8.25. The van der Waals surface area contributed by atoms with Crippen molar-refractivity contribution >= 4 is 22.4 Å². The van der Waals surface area contributed by atoms with Crippen LogP contribution >= 0.6 is 0 Å². The van der Waals surface area contributed by atoms with Crippen LogP contribution in [0.4, 0.5) is 14.5 Å². The molecule has 2 aromatic rings. The third-order valence-corrected chi connectivity index (χ3v) is 4.27. The van der Waals surface area contributed by atoms with Crippen molar-refractivity contribution in [2.24, 2.45) is 0 Å². The van der Waals surface area contributed by atoms with E-state index >= 15 is 0 Å². The predicted octanol–water partition coefficient (Wildman–Crippen LogP) is 2.34. The van der Waals surface area contributed by atoms with Gasteiger partial charge in [-0.05, 0) is 23.3 Å². The molecule has 7 heteroatoms. The molecule has 2 rings (SSSR count). The van der Waals surface area contributed by atoms with Gasteiger partial charge in [-0.1, -0.05) is 24.3 Å². The Morgan fingerprint density at radius 3 is 2.39 bits per heavy atom. The minimum absolute atomic E-state index is 0.0784. The van der Waals surface area contributed by atoms with Crippen molar-refractivity contribution in [2.45, 2.75) is 12.4 Å². The van der Waals surface area contributed by atoms with E-state index in [1.165, 1.54) is 0 Å². The summed E-state index contributed by atoms with van der Waals surface area (Å²) in [6, 6.07) is 9.55. The quantitative estimate of drug-likeness (QED) is 0.849. The van der Waals surface area contributed by atoms with Gasteiger partial charge in [0.2, 0.25) is 5.91 Å². The average molecular weight is 339 g/mol. The highest BCUT2D eigenvalue weighted by molar-refractivity contribution is 7.84.